The molecule has 1 aromatic heterocycles. The lowest BCUT2D eigenvalue weighted by molar-refractivity contribution is -0.144. The van der Waals surface area contributed by atoms with E-state index in [1.165, 1.54) is 17.9 Å². The van der Waals surface area contributed by atoms with Crippen LogP contribution in [0.1, 0.15) is 36.6 Å². The number of piperazine rings is 2. The smallest absolute Gasteiger partial charge is 0.417 e. The predicted octanol–water partition coefficient (Wildman–Crippen LogP) is 2.49. The Kier molecular flexibility index (Phi) is 13.4. The van der Waals surface area contributed by atoms with Gasteiger partial charge in [-0.3, -0.25) is 34.3 Å². The van der Waals surface area contributed by atoms with Gasteiger partial charge in [0.05, 0.1) is 29.3 Å². The summed E-state index contributed by atoms with van der Waals surface area (Å²) in [5.74, 6) is -0.731. The molecule has 3 aromatic rings. The highest BCUT2D eigenvalue weighted by Gasteiger charge is 2.36. The van der Waals surface area contributed by atoms with Gasteiger partial charge < -0.3 is 29.9 Å². The van der Waals surface area contributed by atoms with Crippen LogP contribution in [0.15, 0.2) is 60.7 Å². The van der Waals surface area contributed by atoms with Gasteiger partial charge in [0.2, 0.25) is 17.7 Å². The van der Waals surface area contributed by atoms with Crippen LogP contribution >= 0.6 is 0 Å². The molecule has 18 heteroatoms. The number of likely N-dealkylation sites (N-methyl/N-ethyl adjacent to an activating group) is 1. The Morgan fingerprint density at radius 2 is 1.61 bits per heavy atom. The number of imide groups is 1. The number of nitrogens with zero attached hydrogens (tertiary/aromatic N) is 7. The first-order valence-electron chi connectivity index (χ1n) is 19.5. The maximum absolute atomic E-state index is 13.3. The second-order valence-corrected chi connectivity index (χ2v) is 15.2. The van der Waals surface area contributed by atoms with Crippen LogP contribution in [0.25, 0.3) is 0 Å². The number of ether oxygens (including phenoxy) is 1. The van der Waals surface area contributed by atoms with Crippen molar-refractivity contribution in [3.63, 3.8) is 0 Å². The van der Waals surface area contributed by atoms with E-state index in [-0.39, 0.29) is 30.3 Å². The topological polar surface area (TPSA) is 175 Å². The van der Waals surface area contributed by atoms with Crippen LogP contribution in [-0.4, -0.2) is 139 Å². The summed E-state index contributed by atoms with van der Waals surface area (Å²) >= 11 is 0. The van der Waals surface area contributed by atoms with Crippen LogP contribution in [0.2, 0.25) is 0 Å². The third-order valence-corrected chi connectivity index (χ3v) is 10.9. The lowest BCUT2D eigenvalue weighted by Gasteiger charge is -2.39. The van der Waals surface area contributed by atoms with Crippen LogP contribution in [0.5, 0.6) is 5.75 Å². The molecule has 6 rings (SSSR count). The monoisotopic (exact) mass is 819 g/mol. The molecule has 0 bridgehead atoms. The predicted molar refractivity (Wildman–Crippen MR) is 212 cm³/mol. The summed E-state index contributed by atoms with van der Waals surface area (Å²) in [5, 5.41) is 24.3. The number of hydrogen-bond acceptors (Lipinski definition) is 12. The quantitative estimate of drug-likeness (QED) is 0.216. The van der Waals surface area contributed by atoms with Crippen molar-refractivity contribution in [3.05, 3.63) is 77.5 Å². The van der Waals surface area contributed by atoms with Gasteiger partial charge in [-0.2, -0.15) is 18.4 Å². The van der Waals surface area contributed by atoms with E-state index in [0.717, 1.165) is 89.1 Å². The van der Waals surface area contributed by atoms with Crippen molar-refractivity contribution in [2.45, 2.75) is 44.0 Å². The zero-order valence-electron chi connectivity index (χ0n) is 33.0. The van der Waals surface area contributed by atoms with Gasteiger partial charge in [0.1, 0.15) is 24.2 Å². The number of alkyl halides is 3. The molecule has 0 aliphatic carbocycles. The average molecular weight is 820 g/mol. The zero-order chi connectivity index (χ0) is 42.3. The molecule has 2 atom stereocenters. The Morgan fingerprint density at radius 1 is 0.966 bits per heavy atom. The molecule has 4 heterocycles. The molecule has 314 valence electrons. The second-order valence-electron chi connectivity index (χ2n) is 15.2. The fourth-order valence-corrected chi connectivity index (χ4v) is 7.22. The highest BCUT2D eigenvalue weighted by molar-refractivity contribution is 6.01. The number of hydrogen-bond donors (Lipinski definition) is 3. The van der Waals surface area contributed by atoms with Crippen molar-refractivity contribution < 1.29 is 42.2 Å². The fraction of sp³-hybridized carbons (Fsp3) is 0.463. The summed E-state index contributed by atoms with van der Waals surface area (Å²) in [5.41, 5.74) is -2.42. The van der Waals surface area contributed by atoms with Crippen molar-refractivity contribution in [1.82, 2.24) is 25.0 Å². The molecule has 3 saturated heterocycles. The molecule has 0 saturated carbocycles. The number of aliphatic hydroxyl groups is 1. The summed E-state index contributed by atoms with van der Waals surface area (Å²) in [6.45, 7) is 9.49. The van der Waals surface area contributed by atoms with E-state index in [4.69, 9.17) is 15.0 Å². The van der Waals surface area contributed by atoms with Crippen molar-refractivity contribution in [2.75, 3.05) is 94.2 Å². The van der Waals surface area contributed by atoms with Crippen molar-refractivity contribution >= 4 is 40.8 Å². The summed E-state index contributed by atoms with van der Waals surface area (Å²) in [6.07, 6.45) is -4.21. The van der Waals surface area contributed by atoms with Crippen LogP contribution in [0.3, 0.4) is 0 Å². The first-order chi connectivity index (χ1) is 28.1. The van der Waals surface area contributed by atoms with Crippen molar-refractivity contribution in [2.24, 2.45) is 0 Å². The van der Waals surface area contributed by atoms with Gasteiger partial charge in [0.25, 0.3) is 5.91 Å². The van der Waals surface area contributed by atoms with Crippen LogP contribution < -0.4 is 25.2 Å². The van der Waals surface area contributed by atoms with Gasteiger partial charge in [-0.25, -0.2) is 4.98 Å². The molecule has 0 radical (unpaired) electrons. The maximum Gasteiger partial charge on any atom is 0.417 e. The number of anilines is 3. The number of nitriles is 1. The molecule has 15 nitrogen and oxygen atoms in total. The Labute approximate surface area is 340 Å². The first-order valence-corrected chi connectivity index (χ1v) is 19.5. The Hall–Kier alpha value is -5.77. The molecule has 2 aromatic carbocycles. The Bertz CT molecular complexity index is 2040. The summed E-state index contributed by atoms with van der Waals surface area (Å²) in [4.78, 5) is 65.0. The number of piperidine rings is 1. The van der Waals surface area contributed by atoms with E-state index in [1.807, 2.05) is 30.3 Å². The molecule has 0 spiro atoms. The molecular weight excluding hydrogens is 772 g/mol. The van der Waals surface area contributed by atoms with Crippen molar-refractivity contribution in [3.8, 4) is 11.8 Å². The molecular formula is C41H48F3N9O6. The van der Waals surface area contributed by atoms with E-state index >= 15 is 0 Å². The number of rotatable bonds is 13. The molecule has 3 aliphatic heterocycles. The minimum absolute atomic E-state index is 0.0634. The van der Waals surface area contributed by atoms with Gasteiger partial charge in [-0.15, -0.1) is 0 Å². The SMILES string of the molecule is CN(C(=O)Cc1cccc(N2CCN(CCN3CCN(c4ccc(OCC(C)(O)C(=O)Nc5ccc(C#N)c(C(F)(F)F)c5)cc4)CC3)CC2)n1)C1CCC(=O)NC1=O. The highest BCUT2D eigenvalue weighted by Crippen LogP contribution is 2.34. The average Bonchev–Trinajstić information content (AvgIpc) is 3.22. The van der Waals surface area contributed by atoms with Gasteiger partial charge >= 0.3 is 6.18 Å². The largest absolute Gasteiger partial charge is 0.490 e. The van der Waals surface area contributed by atoms with Crippen LogP contribution in [0, 0.1) is 11.3 Å². The van der Waals surface area contributed by atoms with Crippen molar-refractivity contribution in [1.29, 1.82) is 5.26 Å². The number of aromatic nitrogens is 1. The van der Waals surface area contributed by atoms with E-state index in [2.05, 4.69) is 30.2 Å². The van der Waals surface area contributed by atoms with E-state index in [0.29, 0.717) is 23.9 Å². The Morgan fingerprint density at radius 3 is 2.22 bits per heavy atom. The summed E-state index contributed by atoms with van der Waals surface area (Å²) in [7, 11) is 1.58. The molecule has 4 amide bonds. The van der Waals surface area contributed by atoms with E-state index in [9.17, 15) is 37.5 Å². The van der Waals surface area contributed by atoms with Crippen LogP contribution in [-0.2, 0) is 31.8 Å². The number of amides is 4. The van der Waals surface area contributed by atoms with E-state index < -0.39 is 47.4 Å². The number of benzene rings is 2. The maximum atomic E-state index is 13.3. The van der Waals surface area contributed by atoms with Gasteiger partial charge in [0, 0.05) is 90.3 Å². The van der Waals surface area contributed by atoms with Gasteiger partial charge in [-0.05, 0) is 67.9 Å². The lowest BCUT2D eigenvalue weighted by atomic mass is 10.0. The number of carbonyl (C=O) groups is 4. The second kappa shape index (κ2) is 18.4. The number of pyridine rings is 1. The molecule has 3 fully saturated rings. The fourth-order valence-electron chi connectivity index (χ4n) is 7.22. The molecule has 3 N–H and O–H groups in total. The minimum atomic E-state index is -4.79. The minimum Gasteiger partial charge on any atom is -0.490 e. The standard InChI is InChI=1S/C41H48F3N9O6/c1-40(58,39(57)47-30-7-6-28(26-45)33(24-30)41(42,43)44)27-59-32-10-8-31(9-11-32)52-20-16-50(17-21-52)14-15-51-18-22-53(23-19-51)35-5-3-4-29(46-35)25-37(55)49(2)34-12-13-36(54)48-38(34)56/h3-11,24,34,58H,12-23,25,27H2,1-2H3,(H,47,57)(H,48,54,56). The molecule has 2 unspecified atom stereocenters. The number of carbonyl (C=O) groups excluding carboxylic acids is 4. The van der Waals surface area contributed by atoms with Gasteiger partial charge in [-0.1, -0.05) is 6.07 Å². The molecule has 59 heavy (non-hydrogen) atoms. The third kappa shape index (κ3) is 11.0. The zero-order valence-corrected chi connectivity index (χ0v) is 33.0. The first kappa shape index (κ1) is 42.8. The summed E-state index contributed by atoms with van der Waals surface area (Å²) < 4.78 is 45.7. The number of halogens is 3. The van der Waals surface area contributed by atoms with Crippen LogP contribution in [0.4, 0.5) is 30.4 Å². The molecule has 3 aliphatic rings. The normalized spacial score (nSPS) is 19.0. The van der Waals surface area contributed by atoms with E-state index in [1.54, 1.807) is 19.2 Å². The highest BCUT2D eigenvalue weighted by atomic mass is 19.4. The number of nitrogens with one attached hydrogen (secondary N) is 2. The lowest BCUT2D eigenvalue weighted by Crippen LogP contribution is -2.53. The Balaban J connectivity index is 0.889. The third-order valence-electron chi connectivity index (χ3n) is 10.9. The van der Waals surface area contributed by atoms with Gasteiger partial charge in [0.15, 0.2) is 5.60 Å². The summed E-state index contributed by atoms with van der Waals surface area (Å²) in [6, 6.07) is 16.5.